The molecule has 0 saturated carbocycles. The van der Waals surface area contributed by atoms with Crippen molar-refractivity contribution in [3.05, 3.63) is 49.8 Å². The molecule has 0 radical (unpaired) electrons. The van der Waals surface area contributed by atoms with Crippen molar-refractivity contribution in [2.75, 3.05) is 0 Å². The standard InChI is InChI=1S/C12H12N2O3S/c1-7-3-9(4-11(15)14-7)12(16)17-5-10-8(2)13-6-18-10/h3-4,6H,5H2,1-2H3,(H,14,15). The number of thiazole rings is 1. The van der Waals surface area contributed by atoms with Gasteiger partial charge in [0.25, 0.3) is 0 Å². The lowest BCUT2D eigenvalue weighted by Crippen LogP contribution is -2.13. The van der Waals surface area contributed by atoms with E-state index in [1.54, 1.807) is 18.5 Å². The summed E-state index contributed by atoms with van der Waals surface area (Å²) in [4.78, 5) is 30.5. The molecule has 0 bridgehead atoms. The molecular weight excluding hydrogens is 252 g/mol. The Morgan fingerprint density at radius 3 is 2.83 bits per heavy atom. The van der Waals surface area contributed by atoms with Crippen molar-refractivity contribution in [1.82, 2.24) is 9.97 Å². The third-order valence-corrected chi connectivity index (χ3v) is 3.30. The quantitative estimate of drug-likeness (QED) is 0.858. The molecule has 18 heavy (non-hydrogen) atoms. The molecule has 0 amide bonds. The van der Waals surface area contributed by atoms with Crippen molar-refractivity contribution < 1.29 is 9.53 Å². The van der Waals surface area contributed by atoms with Gasteiger partial charge in [-0.05, 0) is 19.9 Å². The van der Waals surface area contributed by atoms with Gasteiger partial charge in [-0.3, -0.25) is 4.79 Å². The molecule has 0 unspecified atom stereocenters. The average molecular weight is 264 g/mol. The molecule has 5 nitrogen and oxygen atoms in total. The zero-order valence-corrected chi connectivity index (χ0v) is 10.8. The van der Waals surface area contributed by atoms with Crippen LogP contribution in [0.5, 0.6) is 0 Å². The second-order valence-electron chi connectivity index (χ2n) is 3.85. The summed E-state index contributed by atoms with van der Waals surface area (Å²) in [5.41, 5.74) is 3.14. The van der Waals surface area contributed by atoms with E-state index in [-0.39, 0.29) is 17.7 Å². The van der Waals surface area contributed by atoms with Crippen LogP contribution in [0.1, 0.15) is 26.6 Å². The van der Waals surface area contributed by atoms with Crippen LogP contribution in [0.3, 0.4) is 0 Å². The van der Waals surface area contributed by atoms with Crippen LogP contribution in [-0.2, 0) is 11.3 Å². The average Bonchev–Trinajstić information content (AvgIpc) is 2.70. The zero-order valence-electron chi connectivity index (χ0n) is 10.0. The molecule has 0 aliphatic rings. The van der Waals surface area contributed by atoms with Gasteiger partial charge in [-0.2, -0.15) is 0 Å². The van der Waals surface area contributed by atoms with Gasteiger partial charge in [0.05, 0.1) is 21.6 Å². The SMILES string of the molecule is Cc1cc(C(=O)OCc2scnc2C)cc(=O)[nH]1. The molecule has 2 aromatic rings. The number of H-pyrrole nitrogens is 1. The number of esters is 1. The fourth-order valence-corrected chi connectivity index (χ4v) is 2.17. The monoisotopic (exact) mass is 264 g/mol. The van der Waals surface area contributed by atoms with Crippen LogP contribution in [0.15, 0.2) is 22.4 Å². The molecule has 2 rings (SSSR count). The van der Waals surface area contributed by atoms with Crippen LogP contribution in [-0.4, -0.2) is 15.9 Å². The first kappa shape index (κ1) is 12.5. The van der Waals surface area contributed by atoms with E-state index in [0.29, 0.717) is 5.69 Å². The highest BCUT2D eigenvalue weighted by molar-refractivity contribution is 7.09. The number of aromatic nitrogens is 2. The Morgan fingerprint density at radius 2 is 2.22 bits per heavy atom. The van der Waals surface area contributed by atoms with E-state index in [9.17, 15) is 9.59 Å². The van der Waals surface area contributed by atoms with E-state index in [1.807, 2.05) is 6.92 Å². The van der Waals surface area contributed by atoms with Gasteiger partial charge in [0.1, 0.15) is 6.61 Å². The Kier molecular flexibility index (Phi) is 3.57. The number of nitrogens with zero attached hydrogens (tertiary/aromatic N) is 1. The second kappa shape index (κ2) is 5.14. The number of hydrogen-bond acceptors (Lipinski definition) is 5. The Balaban J connectivity index is 2.08. The van der Waals surface area contributed by atoms with Crippen molar-refractivity contribution >= 4 is 17.3 Å². The lowest BCUT2D eigenvalue weighted by atomic mass is 10.2. The van der Waals surface area contributed by atoms with Gasteiger partial charge in [0.15, 0.2) is 0 Å². The van der Waals surface area contributed by atoms with Crippen LogP contribution < -0.4 is 5.56 Å². The van der Waals surface area contributed by atoms with Gasteiger partial charge in [-0.1, -0.05) is 0 Å². The maximum atomic E-state index is 11.8. The van der Waals surface area contributed by atoms with Crippen molar-refractivity contribution in [2.24, 2.45) is 0 Å². The van der Waals surface area contributed by atoms with Gasteiger partial charge in [0.2, 0.25) is 5.56 Å². The third kappa shape index (κ3) is 2.84. The number of hydrogen-bond donors (Lipinski definition) is 1. The number of rotatable bonds is 3. The first-order chi connectivity index (χ1) is 8.56. The van der Waals surface area contributed by atoms with Crippen molar-refractivity contribution in [3.8, 4) is 0 Å². The maximum Gasteiger partial charge on any atom is 0.338 e. The van der Waals surface area contributed by atoms with E-state index < -0.39 is 5.97 Å². The molecule has 0 saturated heterocycles. The molecule has 6 heteroatoms. The summed E-state index contributed by atoms with van der Waals surface area (Å²) in [6.45, 7) is 3.75. The maximum absolute atomic E-state index is 11.8. The fourth-order valence-electron chi connectivity index (χ4n) is 1.48. The molecule has 0 aliphatic carbocycles. The van der Waals surface area contributed by atoms with Gasteiger partial charge in [0, 0.05) is 11.8 Å². The molecule has 94 valence electrons. The molecule has 0 fully saturated rings. The van der Waals surface area contributed by atoms with Crippen molar-refractivity contribution in [1.29, 1.82) is 0 Å². The molecule has 2 aromatic heterocycles. The fraction of sp³-hybridized carbons (Fsp3) is 0.250. The Morgan fingerprint density at radius 1 is 1.44 bits per heavy atom. The number of pyridine rings is 1. The Labute approximate surface area is 107 Å². The topological polar surface area (TPSA) is 72.0 Å². The molecule has 0 atom stereocenters. The van der Waals surface area contributed by atoms with Crippen LogP contribution in [0.4, 0.5) is 0 Å². The van der Waals surface area contributed by atoms with E-state index in [0.717, 1.165) is 10.6 Å². The van der Waals surface area contributed by atoms with E-state index in [1.165, 1.54) is 17.4 Å². The molecule has 0 aromatic carbocycles. The van der Waals surface area contributed by atoms with Crippen LogP contribution >= 0.6 is 11.3 Å². The van der Waals surface area contributed by atoms with E-state index in [4.69, 9.17) is 4.74 Å². The minimum absolute atomic E-state index is 0.182. The zero-order chi connectivity index (χ0) is 13.1. The molecule has 2 heterocycles. The Hall–Kier alpha value is -1.95. The molecule has 1 N–H and O–H groups in total. The van der Waals surface area contributed by atoms with Gasteiger partial charge < -0.3 is 9.72 Å². The van der Waals surface area contributed by atoms with Crippen LogP contribution in [0.2, 0.25) is 0 Å². The summed E-state index contributed by atoms with van der Waals surface area (Å²) in [6.07, 6.45) is 0. The molecule has 0 spiro atoms. The predicted octanol–water partition coefficient (Wildman–Crippen LogP) is 1.81. The highest BCUT2D eigenvalue weighted by Crippen LogP contribution is 2.14. The number of aryl methyl sites for hydroxylation is 2. The van der Waals surface area contributed by atoms with Crippen LogP contribution in [0.25, 0.3) is 0 Å². The van der Waals surface area contributed by atoms with Crippen molar-refractivity contribution in [2.45, 2.75) is 20.5 Å². The minimum atomic E-state index is -0.503. The number of carbonyl (C=O) groups is 1. The van der Waals surface area contributed by atoms with Gasteiger partial charge >= 0.3 is 5.97 Å². The highest BCUT2D eigenvalue weighted by atomic mass is 32.1. The first-order valence-corrected chi connectivity index (χ1v) is 6.21. The third-order valence-electron chi connectivity index (χ3n) is 2.39. The number of nitrogens with one attached hydrogen (secondary N) is 1. The predicted molar refractivity (Wildman–Crippen MR) is 67.8 cm³/mol. The van der Waals surface area contributed by atoms with Crippen molar-refractivity contribution in [3.63, 3.8) is 0 Å². The van der Waals surface area contributed by atoms with Crippen LogP contribution in [0, 0.1) is 13.8 Å². The smallest absolute Gasteiger partial charge is 0.338 e. The lowest BCUT2D eigenvalue weighted by molar-refractivity contribution is 0.0475. The second-order valence-corrected chi connectivity index (χ2v) is 4.79. The first-order valence-electron chi connectivity index (χ1n) is 5.33. The summed E-state index contributed by atoms with van der Waals surface area (Å²) < 4.78 is 5.14. The van der Waals surface area contributed by atoms with Gasteiger partial charge in [-0.15, -0.1) is 11.3 Å². The Bertz CT molecular complexity index is 630. The summed E-state index contributed by atoms with van der Waals surface area (Å²) >= 11 is 1.44. The number of ether oxygens (including phenoxy) is 1. The summed E-state index contributed by atoms with van der Waals surface area (Å²) in [6, 6.07) is 2.82. The minimum Gasteiger partial charge on any atom is -0.456 e. The van der Waals surface area contributed by atoms with E-state index >= 15 is 0 Å². The largest absolute Gasteiger partial charge is 0.456 e. The molecular formula is C12H12N2O3S. The van der Waals surface area contributed by atoms with E-state index in [2.05, 4.69) is 9.97 Å². The highest BCUT2D eigenvalue weighted by Gasteiger charge is 2.10. The lowest BCUT2D eigenvalue weighted by Gasteiger charge is -2.04. The number of carbonyl (C=O) groups excluding carboxylic acids is 1. The summed E-state index contributed by atoms with van der Waals surface area (Å²) in [5, 5.41) is 0. The normalized spacial score (nSPS) is 10.3. The summed E-state index contributed by atoms with van der Waals surface area (Å²) in [7, 11) is 0. The summed E-state index contributed by atoms with van der Waals surface area (Å²) in [5.74, 6) is -0.503. The number of aromatic amines is 1. The van der Waals surface area contributed by atoms with Gasteiger partial charge in [-0.25, -0.2) is 9.78 Å². The molecule has 0 aliphatic heterocycles.